The summed E-state index contributed by atoms with van der Waals surface area (Å²) in [6.07, 6.45) is 0.573. The number of fused-ring (bicyclic) bond motifs is 1. The van der Waals surface area contributed by atoms with Crippen molar-refractivity contribution in [1.82, 2.24) is 24.7 Å². The van der Waals surface area contributed by atoms with E-state index in [2.05, 4.69) is 24.2 Å². The van der Waals surface area contributed by atoms with Crippen molar-refractivity contribution < 1.29 is 22.4 Å². The molecule has 0 radical (unpaired) electrons. The quantitative estimate of drug-likeness (QED) is 0.460. The highest BCUT2D eigenvalue weighted by Crippen LogP contribution is 2.38. The van der Waals surface area contributed by atoms with E-state index in [4.69, 9.17) is 15.6 Å². The molecule has 3 atom stereocenters. The van der Waals surface area contributed by atoms with Crippen LogP contribution in [-0.4, -0.2) is 57.1 Å². The molecule has 0 unspecified atom stereocenters. The predicted octanol–water partition coefficient (Wildman–Crippen LogP) is -0.115. The van der Waals surface area contributed by atoms with Gasteiger partial charge in [0.1, 0.15) is 23.3 Å². The van der Waals surface area contributed by atoms with Gasteiger partial charge in [0.05, 0.1) is 18.1 Å². The van der Waals surface area contributed by atoms with Crippen molar-refractivity contribution in [1.29, 1.82) is 0 Å². The van der Waals surface area contributed by atoms with E-state index in [9.17, 15) is 13.5 Å². The summed E-state index contributed by atoms with van der Waals surface area (Å²) < 4.78 is 34.5. The number of hydrogen-bond acceptors (Lipinski definition) is 12. The SMILES string of the molecule is Nc1ncnc2c1c(Sc1nccs1)nn2[C@H]1C[C@H](O)[C@@H](COS(N)(=O)=O)O1. The summed E-state index contributed by atoms with van der Waals surface area (Å²) in [7, 11) is -4.14. The summed E-state index contributed by atoms with van der Waals surface area (Å²) in [4.78, 5) is 12.5. The van der Waals surface area contributed by atoms with Gasteiger partial charge in [0.25, 0.3) is 0 Å². The van der Waals surface area contributed by atoms with Crippen molar-refractivity contribution in [3.63, 3.8) is 0 Å². The van der Waals surface area contributed by atoms with Crippen molar-refractivity contribution in [3.05, 3.63) is 17.9 Å². The van der Waals surface area contributed by atoms with Crippen LogP contribution in [0.15, 0.2) is 27.3 Å². The third-order valence-corrected chi connectivity index (χ3v) is 6.28. The average Bonchev–Trinajstić information content (AvgIpc) is 3.33. The van der Waals surface area contributed by atoms with Crippen LogP contribution in [0.4, 0.5) is 5.82 Å². The average molecular weight is 446 g/mol. The smallest absolute Gasteiger partial charge is 0.333 e. The molecule has 3 aromatic heterocycles. The molecule has 4 rings (SSSR count). The lowest BCUT2D eigenvalue weighted by atomic mass is 10.2. The third kappa shape index (κ3) is 3.95. The van der Waals surface area contributed by atoms with Crippen molar-refractivity contribution in [2.24, 2.45) is 5.14 Å². The Morgan fingerprint density at radius 1 is 1.43 bits per heavy atom. The first kappa shape index (κ1) is 19.4. The fourth-order valence-electron chi connectivity index (χ4n) is 2.76. The summed E-state index contributed by atoms with van der Waals surface area (Å²) in [5, 5.41) is 22.5. The van der Waals surface area contributed by atoms with Gasteiger partial charge in [-0.25, -0.2) is 24.8 Å². The molecule has 0 saturated carbocycles. The first-order valence-electron chi connectivity index (χ1n) is 7.88. The number of nitrogens with two attached hydrogens (primary N) is 2. The van der Waals surface area contributed by atoms with E-state index in [0.29, 0.717) is 16.1 Å². The van der Waals surface area contributed by atoms with Crippen LogP contribution in [0.25, 0.3) is 11.0 Å². The van der Waals surface area contributed by atoms with Crippen LogP contribution in [0.5, 0.6) is 0 Å². The number of anilines is 1. The van der Waals surface area contributed by atoms with Gasteiger partial charge in [-0.15, -0.1) is 11.3 Å². The normalized spacial score (nSPS) is 22.9. The van der Waals surface area contributed by atoms with E-state index in [0.717, 1.165) is 4.34 Å². The maximum absolute atomic E-state index is 11.0. The molecule has 1 aliphatic rings. The van der Waals surface area contributed by atoms with Gasteiger partial charge in [0, 0.05) is 18.0 Å². The van der Waals surface area contributed by atoms with Crippen LogP contribution in [0.1, 0.15) is 12.6 Å². The number of nitrogen functional groups attached to an aromatic ring is 1. The minimum absolute atomic E-state index is 0.153. The Morgan fingerprint density at radius 3 is 2.96 bits per heavy atom. The highest BCUT2D eigenvalue weighted by Gasteiger charge is 2.38. The second-order valence-corrected chi connectivity index (χ2v) is 9.17. The number of hydrogen-bond donors (Lipinski definition) is 3. The van der Waals surface area contributed by atoms with Crippen LogP contribution in [0.3, 0.4) is 0 Å². The van der Waals surface area contributed by atoms with Crippen molar-refractivity contribution in [2.45, 2.75) is 34.2 Å². The zero-order valence-electron chi connectivity index (χ0n) is 14.1. The molecule has 0 spiro atoms. The Labute approximate surface area is 167 Å². The maximum atomic E-state index is 11.0. The second kappa shape index (κ2) is 7.51. The molecule has 15 heteroatoms. The maximum Gasteiger partial charge on any atom is 0.333 e. The minimum Gasteiger partial charge on any atom is -0.390 e. The van der Waals surface area contributed by atoms with Gasteiger partial charge in [-0.3, -0.25) is 4.18 Å². The molecule has 5 N–H and O–H groups in total. The number of ether oxygens (including phenoxy) is 1. The lowest BCUT2D eigenvalue weighted by molar-refractivity contribution is -0.0415. The Morgan fingerprint density at radius 2 is 2.25 bits per heavy atom. The highest BCUT2D eigenvalue weighted by molar-refractivity contribution is 8.01. The minimum atomic E-state index is -4.14. The van der Waals surface area contributed by atoms with Crippen LogP contribution in [0.2, 0.25) is 0 Å². The molecular weight excluding hydrogens is 430 g/mol. The van der Waals surface area contributed by atoms with Gasteiger partial charge in [-0.05, 0) is 11.8 Å². The number of aliphatic hydroxyl groups excluding tert-OH is 1. The Hall–Kier alpha value is -1.88. The lowest BCUT2D eigenvalue weighted by Gasteiger charge is -2.14. The Kier molecular flexibility index (Phi) is 5.21. The number of aliphatic hydroxyl groups is 1. The summed E-state index contributed by atoms with van der Waals surface area (Å²) in [6, 6.07) is 0. The Balaban J connectivity index is 1.65. The molecule has 1 fully saturated rings. The van der Waals surface area contributed by atoms with E-state index >= 15 is 0 Å². The number of rotatable bonds is 6. The number of aromatic nitrogens is 5. The van der Waals surface area contributed by atoms with Gasteiger partial charge in [0.2, 0.25) is 0 Å². The van der Waals surface area contributed by atoms with Crippen LogP contribution < -0.4 is 10.9 Å². The van der Waals surface area contributed by atoms with Gasteiger partial charge >= 0.3 is 10.3 Å². The van der Waals surface area contributed by atoms with Crippen molar-refractivity contribution >= 4 is 50.3 Å². The summed E-state index contributed by atoms with van der Waals surface area (Å²) in [5.74, 6) is 0.253. The monoisotopic (exact) mass is 445 g/mol. The molecule has 150 valence electrons. The summed E-state index contributed by atoms with van der Waals surface area (Å²) >= 11 is 2.76. The topological polar surface area (TPSA) is 181 Å². The highest BCUT2D eigenvalue weighted by atomic mass is 32.2. The number of nitrogens with zero attached hydrogens (tertiary/aromatic N) is 5. The fourth-order valence-corrected chi connectivity index (χ4v) is 4.74. The largest absolute Gasteiger partial charge is 0.390 e. The first-order valence-corrected chi connectivity index (χ1v) is 11.1. The lowest BCUT2D eigenvalue weighted by Crippen LogP contribution is -2.30. The van der Waals surface area contributed by atoms with Gasteiger partial charge < -0.3 is 15.6 Å². The molecule has 4 heterocycles. The molecule has 0 aromatic carbocycles. The zero-order chi connectivity index (χ0) is 19.9. The molecule has 28 heavy (non-hydrogen) atoms. The second-order valence-electron chi connectivity index (χ2n) is 5.82. The van der Waals surface area contributed by atoms with Crippen LogP contribution in [-0.2, 0) is 19.2 Å². The third-order valence-electron chi connectivity index (χ3n) is 3.95. The molecule has 12 nitrogen and oxygen atoms in total. The predicted molar refractivity (Wildman–Crippen MR) is 99.6 cm³/mol. The van der Waals surface area contributed by atoms with Crippen molar-refractivity contribution in [3.8, 4) is 0 Å². The summed E-state index contributed by atoms with van der Waals surface area (Å²) in [5.41, 5.74) is 6.45. The fraction of sp³-hybridized carbons (Fsp3) is 0.385. The van der Waals surface area contributed by atoms with E-state index < -0.39 is 35.3 Å². The zero-order valence-corrected chi connectivity index (χ0v) is 16.5. The van der Waals surface area contributed by atoms with Gasteiger partial charge in [0.15, 0.2) is 16.2 Å². The van der Waals surface area contributed by atoms with E-state index in [1.54, 1.807) is 6.20 Å². The first-order chi connectivity index (χ1) is 13.3. The molecule has 0 aliphatic carbocycles. The van der Waals surface area contributed by atoms with Crippen LogP contribution in [0, 0.1) is 0 Å². The molecule has 3 aromatic rings. The molecule has 1 saturated heterocycles. The molecule has 0 bridgehead atoms. The van der Waals surface area contributed by atoms with Crippen molar-refractivity contribution in [2.75, 3.05) is 12.3 Å². The van der Waals surface area contributed by atoms with E-state index in [-0.39, 0.29) is 12.2 Å². The van der Waals surface area contributed by atoms with E-state index in [1.807, 2.05) is 5.38 Å². The standard InChI is InChI=1S/C13H15N7O5S3/c14-10-9-11(18-5-17-10)20(19-12(9)27-13-16-1-2-26-13)8-3-6(21)7(25-8)4-24-28(15,22)23/h1-2,5-8,21H,3-4H2,(H2,14,17,18)(H2,15,22,23)/t6-,7+,8+/m0/s1. The van der Waals surface area contributed by atoms with E-state index in [1.165, 1.54) is 34.1 Å². The number of thiazole rings is 1. The molecular formula is C13H15N7O5S3. The van der Waals surface area contributed by atoms with Crippen LogP contribution >= 0.6 is 23.1 Å². The Bertz CT molecular complexity index is 1090. The summed E-state index contributed by atoms with van der Waals surface area (Å²) in [6.45, 7) is -0.409. The van der Waals surface area contributed by atoms with Gasteiger partial charge in [-0.2, -0.15) is 13.5 Å². The van der Waals surface area contributed by atoms with Gasteiger partial charge in [-0.1, -0.05) is 0 Å². The molecule has 0 amide bonds. The molecule has 1 aliphatic heterocycles.